The number of carbonyl (C=O) groups excluding carboxylic acids is 1. The third-order valence-electron chi connectivity index (χ3n) is 4.25. The van der Waals surface area contributed by atoms with Crippen LogP contribution in [0.25, 0.3) is 0 Å². The van der Waals surface area contributed by atoms with E-state index in [4.69, 9.17) is 4.74 Å². The molecule has 1 aromatic carbocycles. The summed E-state index contributed by atoms with van der Waals surface area (Å²) in [5, 5.41) is 0. The maximum Gasteiger partial charge on any atom is 0.264 e. The minimum absolute atomic E-state index is 0.00499. The first-order valence-corrected chi connectivity index (χ1v) is 9.01. The van der Waals surface area contributed by atoms with Crippen LogP contribution < -0.4 is 14.4 Å². The molecule has 1 aliphatic carbocycles. The molecule has 1 fully saturated rings. The zero-order valence-corrected chi connectivity index (χ0v) is 13.4. The topological polar surface area (TPSA) is 75.7 Å². The zero-order valence-electron chi connectivity index (χ0n) is 12.5. The number of hydrogen-bond acceptors (Lipinski definition) is 4. The Morgan fingerprint density at radius 2 is 1.95 bits per heavy atom. The maximum atomic E-state index is 12.5. The second kappa shape index (κ2) is 5.89. The van der Waals surface area contributed by atoms with Crippen molar-refractivity contribution < 1.29 is 17.9 Å². The molecule has 0 atom stereocenters. The summed E-state index contributed by atoms with van der Waals surface area (Å²) < 4.78 is 33.1. The van der Waals surface area contributed by atoms with Gasteiger partial charge in [-0.3, -0.25) is 4.79 Å². The molecular formula is C15H20N2O4S. The molecular weight excluding hydrogens is 304 g/mol. The van der Waals surface area contributed by atoms with Crippen LogP contribution >= 0.6 is 0 Å². The number of fused-ring (bicyclic) bond motifs is 1. The number of sulfonamides is 1. The molecule has 1 N–H and O–H groups in total. The molecule has 22 heavy (non-hydrogen) atoms. The number of ether oxygens (including phenoxy) is 1. The van der Waals surface area contributed by atoms with Crippen molar-refractivity contribution in [3.8, 4) is 5.75 Å². The number of hydrogen-bond donors (Lipinski definition) is 1. The van der Waals surface area contributed by atoms with Crippen molar-refractivity contribution in [2.24, 2.45) is 0 Å². The van der Waals surface area contributed by atoms with Crippen LogP contribution in [0.5, 0.6) is 5.75 Å². The van der Waals surface area contributed by atoms with Gasteiger partial charge in [0.1, 0.15) is 5.75 Å². The predicted molar refractivity (Wildman–Crippen MR) is 82.5 cm³/mol. The molecule has 0 unspecified atom stereocenters. The van der Waals surface area contributed by atoms with Gasteiger partial charge >= 0.3 is 0 Å². The van der Waals surface area contributed by atoms with Crippen LogP contribution in [0, 0.1) is 0 Å². The number of carbonyl (C=O) groups is 1. The first-order chi connectivity index (χ1) is 10.5. The highest BCUT2D eigenvalue weighted by atomic mass is 32.2. The summed E-state index contributed by atoms with van der Waals surface area (Å²) in [6.07, 6.45) is 5.05. The Morgan fingerprint density at radius 3 is 2.68 bits per heavy atom. The second-order valence-corrected chi connectivity index (χ2v) is 7.54. The number of anilines is 1. The Labute approximate surface area is 130 Å². The van der Waals surface area contributed by atoms with Crippen molar-refractivity contribution in [3.63, 3.8) is 0 Å². The monoisotopic (exact) mass is 324 g/mol. The fraction of sp³-hybridized carbons (Fsp3) is 0.533. The molecule has 1 aromatic rings. The molecule has 0 saturated heterocycles. The molecule has 7 heteroatoms. The van der Waals surface area contributed by atoms with Gasteiger partial charge in [0.2, 0.25) is 10.0 Å². The Balaban J connectivity index is 1.86. The van der Waals surface area contributed by atoms with Gasteiger partial charge < -0.3 is 9.64 Å². The van der Waals surface area contributed by atoms with Crippen LogP contribution in [0.15, 0.2) is 23.1 Å². The van der Waals surface area contributed by atoms with Crippen molar-refractivity contribution in [3.05, 3.63) is 18.2 Å². The first kappa shape index (κ1) is 15.3. The van der Waals surface area contributed by atoms with E-state index in [2.05, 4.69) is 4.72 Å². The lowest BCUT2D eigenvalue weighted by Gasteiger charge is -2.27. The fourth-order valence-corrected chi connectivity index (χ4v) is 4.25. The van der Waals surface area contributed by atoms with Crippen molar-refractivity contribution in [2.45, 2.75) is 43.0 Å². The van der Waals surface area contributed by atoms with Crippen LogP contribution in [-0.4, -0.2) is 34.0 Å². The van der Waals surface area contributed by atoms with Crippen LogP contribution in [0.1, 0.15) is 32.1 Å². The van der Waals surface area contributed by atoms with Gasteiger partial charge in [0.25, 0.3) is 5.91 Å². The largest absolute Gasteiger partial charge is 0.482 e. The van der Waals surface area contributed by atoms with E-state index in [9.17, 15) is 13.2 Å². The van der Waals surface area contributed by atoms with Gasteiger partial charge in [-0.2, -0.15) is 0 Å². The number of rotatable bonds is 3. The average molecular weight is 324 g/mol. The summed E-state index contributed by atoms with van der Waals surface area (Å²) in [5.41, 5.74) is 0.489. The number of benzene rings is 1. The summed E-state index contributed by atoms with van der Waals surface area (Å²) in [6.45, 7) is -0.0179. The van der Waals surface area contributed by atoms with Gasteiger partial charge in [-0.25, -0.2) is 13.1 Å². The van der Waals surface area contributed by atoms with Crippen molar-refractivity contribution in [2.75, 3.05) is 18.6 Å². The Hall–Kier alpha value is -1.60. The van der Waals surface area contributed by atoms with E-state index >= 15 is 0 Å². The molecule has 2 aliphatic rings. The van der Waals surface area contributed by atoms with Gasteiger partial charge in [-0.1, -0.05) is 19.3 Å². The van der Waals surface area contributed by atoms with E-state index in [0.717, 1.165) is 25.7 Å². The highest BCUT2D eigenvalue weighted by Gasteiger charge is 2.26. The standard InChI is InChI=1S/C15H20N2O4S/c1-17-13-9-12(7-8-14(13)21-10-15(17)18)22(19,20)16-11-5-3-2-4-6-11/h7-9,11,16H,2-6,10H2,1H3. The van der Waals surface area contributed by atoms with E-state index < -0.39 is 10.0 Å². The van der Waals surface area contributed by atoms with E-state index in [-0.39, 0.29) is 23.5 Å². The van der Waals surface area contributed by atoms with Crippen LogP contribution in [0.3, 0.4) is 0 Å². The van der Waals surface area contributed by atoms with Gasteiger partial charge in [0.15, 0.2) is 6.61 Å². The lowest BCUT2D eigenvalue weighted by Crippen LogP contribution is -2.37. The van der Waals surface area contributed by atoms with Gasteiger partial charge in [-0.15, -0.1) is 0 Å². The SMILES string of the molecule is CN1C(=O)COc2ccc(S(=O)(=O)NC3CCCCC3)cc21. The summed E-state index contributed by atoms with van der Waals surface area (Å²) in [4.78, 5) is 13.3. The first-order valence-electron chi connectivity index (χ1n) is 7.53. The molecule has 1 heterocycles. The minimum Gasteiger partial charge on any atom is -0.482 e. The quantitative estimate of drug-likeness (QED) is 0.917. The van der Waals surface area contributed by atoms with E-state index in [1.807, 2.05) is 0 Å². The summed E-state index contributed by atoms with van der Waals surface area (Å²) in [5.74, 6) is 0.334. The molecule has 0 spiro atoms. The zero-order chi connectivity index (χ0) is 15.7. The van der Waals surface area contributed by atoms with Crippen LogP contribution in [-0.2, 0) is 14.8 Å². The third-order valence-corrected chi connectivity index (χ3v) is 5.77. The van der Waals surface area contributed by atoms with Gasteiger partial charge in [0, 0.05) is 13.1 Å². The maximum absolute atomic E-state index is 12.5. The number of nitrogens with one attached hydrogen (secondary N) is 1. The molecule has 3 rings (SSSR count). The fourth-order valence-electron chi connectivity index (χ4n) is 2.93. The Bertz CT molecular complexity index is 681. The van der Waals surface area contributed by atoms with E-state index in [1.54, 1.807) is 13.1 Å². The molecule has 120 valence electrons. The molecule has 1 amide bonds. The van der Waals surface area contributed by atoms with Crippen LogP contribution in [0.2, 0.25) is 0 Å². The Kier molecular flexibility index (Phi) is 4.10. The van der Waals surface area contributed by atoms with E-state index in [0.29, 0.717) is 11.4 Å². The molecule has 1 aliphatic heterocycles. The number of likely N-dealkylation sites (N-methyl/N-ethyl adjacent to an activating group) is 1. The summed E-state index contributed by atoms with van der Waals surface area (Å²) in [7, 11) is -1.96. The number of nitrogens with zero attached hydrogens (tertiary/aromatic N) is 1. The summed E-state index contributed by atoms with van der Waals surface area (Å²) >= 11 is 0. The molecule has 6 nitrogen and oxygen atoms in total. The van der Waals surface area contributed by atoms with E-state index in [1.165, 1.54) is 23.5 Å². The Morgan fingerprint density at radius 1 is 1.23 bits per heavy atom. The summed E-state index contributed by atoms with van der Waals surface area (Å²) in [6, 6.07) is 4.63. The molecule has 0 radical (unpaired) electrons. The highest BCUT2D eigenvalue weighted by molar-refractivity contribution is 7.89. The molecule has 0 aromatic heterocycles. The lowest BCUT2D eigenvalue weighted by molar-refractivity contribution is -0.120. The smallest absolute Gasteiger partial charge is 0.264 e. The predicted octanol–water partition coefficient (Wildman–Crippen LogP) is 1.65. The third kappa shape index (κ3) is 2.96. The molecule has 0 bridgehead atoms. The van der Waals surface area contributed by atoms with Gasteiger partial charge in [0.05, 0.1) is 10.6 Å². The highest BCUT2D eigenvalue weighted by Crippen LogP contribution is 2.33. The van der Waals surface area contributed by atoms with Crippen molar-refractivity contribution in [1.29, 1.82) is 0 Å². The van der Waals surface area contributed by atoms with Gasteiger partial charge in [-0.05, 0) is 31.0 Å². The molecule has 1 saturated carbocycles. The second-order valence-electron chi connectivity index (χ2n) is 5.83. The lowest BCUT2D eigenvalue weighted by atomic mass is 9.96. The van der Waals surface area contributed by atoms with Crippen LogP contribution in [0.4, 0.5) is 5.69 Å². The minimum atomic E-state index is -3.58. The van der Waals surface area contributed by atoms with Crippen molar-refractivity contribution in [1.82, 2.24) is 4.72 Å². The average Bonchev–Trinajstić information content (AvgIpc) is 2.51. The number of amides is 1. The van der Waals surface area contributed by atoms with Crippen molar-refractivity contribution >= 4 is 21.6 Å². The normalized spacial score (nSPS) is 19.7.